The first kappa shape index (κ1) is 21.9. The number of esters is 1. The summed E-state index contributed by atoms with van der Waals surface area (Å²) in [5.74, 6) is -1.86. The van der Waals surface area contributed by atoms with E-state index in [4.69, 9.17) is 9.47 Å². The van der Waals surface area contributed by atoms with E-state index in [0.29, 0.717) is 28.9 Å². The van der Waals surface area contributed by atoms with E-state index in [1.54, 1.807) is 37.4 Å². The third kappa shape index (κ3) is 4.69. The molecule has 0 saturated carbocycles. The number of ketones is 1. The highest BCUT2D eigenvalue weighted by atomic mass is 19.1. The Hall–Kier alpha value is -3.81. The average Bonchev–Trinajstić information content (AvgIpc) is 3.13. The topological polar surface area (TPSA) is 87.0 Å². The van der Waals surface area contributed by atoms with Crippen molar-refractivity contribution in [3.05, 3.63) is 65.6 Å². The fourth-order valence-corrected chi connectivity index (χ4v) is 3.22. The van der Waals surface area contributed by atoms with Gasteiger partial charge in [-0.3, -0.25) is 4.79 Å². The number of hydrogen-bond donors (Lipinski definition) is 1. The maximum Gasteiger partial charge on any atom is 0.379 e. The Balaban J connectivity index is 2.15. The molecule has 7 nitrogen and oxygen atoms in total. The lowest BCUT2D eigenvalue weighted by Gasteiger charge is -2.10. The standard InChI is InChI=1S/C23H22FNO6/c1-4-31-23(28)20(27)11-19(26)17-13-25(12-14-5-7-15(24)8-6-14)18-9-16(29-2)10-21(30-3)22(17)18/h5-11,13,26H,4,12H2,1-3H3. The van der Waals surface area contributed by atoms with Crippen LogP contribution in [0.4, 0.5) is 4.39 Å². The van der Waals surface area contributed by atoms with E-state index in [1.165, 1.54) is 26.4 Å². The summed E-state index contributed by atoms with van der Waals surface area (Å²) in [6.07, 6.45) is 2.44. The number of hydrogen-bond acceptors (Lipinski definition) is 6. The first-order chi connectivity index (χ1) is 14.9. The van der Waals surface area contributed by atoms with Gasteiger partial charge in [0.2, 0.25) is 0 Å². The van der Waals surface area contributed by atoms with E-state index in [2.05, 4.69) is 4.74 Å². The van der Waals surface area contributed by atoms with Crippen LogP contribution in [0.3, 0.4) is 0 Å². The normalized spacial score (nSPS) is 11.4. The van der Waals surface area contributed by atoms with E-state index in [0.717, 1.165) is 11.6 Å². The zero-order valence-corrected chi connectivity index (χ0v) is 17.3. The van der Waals surface area contributed by atoms with Crippen LogP contribution in [0.25, 0.3) is 16.7 Å². The van der Waals surface area contributed by atoms with Gasteiger partial charge in [0.15, 0.2) is 0 Å². The first-order valence-electron chi connectivity index (χ1n) is 9.49. The van der Waals surface area contributed by atoms with Crippen LogP contribution in [0.1, 0.15) is 18.1 Å². The minimum atomic E-state index is -1.06. The van der Waals surface area contributed by atoms with E-state index < -0.39 is 17.5 Å². The molecule has 1 heterocycles. The van der Waals surface area contributed by atoms with Crippen molar-refractivity contribution < 1.29 is 33.3 Å². The van der Waals surface area contributed by atoms with Crippen molar-refractivity contribution >= 4 is 28.4 Å². The quantitative estimate of drug-likeness (QED) is 0.254. The minimum Gasteiger partial charge on any atom is -0.507 e. The summed E-state index contributed by atoms with van der Waals surface area (Å²) in [6, 6.07) is 9.42. The molecule has 0 spiro atoms. The molecular formula is C23H22FNO6. The smallest absolute Gasteiger partial charge is 0.379 e. The van der Waals surface area contributed by atoms with Crippen molar-refractivity contribution in [2.75, 3.05) is 20.8 Å². The van der Waals surface area contributed by atoms with Crippen molar-refractivity contribution in [2.24, 2.45) is 0 Å². The fourth-order valence-electron chi connectivity index (χ4n) is 3.22. The predicted molar refractivity (Wildman–Crippen MR) is 113 cm³/mol. The molecule has 0 saturated heterocycles. The second-order valence-electron chi connectivity index (χ2n) is 6.64. The van der Waals surface area contributed by atoms with Gasteiger partial charge < -0.3 is 23.9 Å². The van der Waals surface area contributed by atoms with Gasteiger partial charge in [-0.2, -0.15) is 0 Å². The van der Waals surface area contributed by atoms with Crippen LogP contribution in [0.2, 0.25) is 0 Å². The number of aliphatic hydroxyl groups excluding tert-OH is 1. The summed E-state index contributed by atoms with van der Waals surface area (Å²) in [5, 5.41) is 11.2. The first-order valence-corrected chi connectivity index (χ1v) is 9.49. The minimum absolute atomic E-state index is 0.0454. The molecule has 2 aromatic carbocycles. The number of benzene rings is 2. The molecule has 8 heteroatoms. The molecule has 3 aromatic rings. The van der Waals surface area contributed by atoms with Crippen LogP contribution < -0.4 is 9.47 Å². The lowest BCUT2D eigenvalue weighted by molar-refractivity contribution is -0.151. The van der Waals surface area contributed by atoms with E-state index >= 15 is 0 Å². The highest BCUT2D eigenvalue weighted by Gasteiger charge is 2.20. The summed E-state index contributed by atoms with van der Waals surface area (Å²) in [6.45, 7) is 1.98. The van der Waals surface area contributed by atoms with Gasteiger partial charge in [-0.25, -0.2) is 9.18 Å². The second-order valence-corrected chi connectivity index (χ2v) is 6.64. The third-order valence-electron chi connectivity index (χ3n) is 4.66. The van der Waals surface area contributed by atoms with Crippen molar-refractivity contribution in [3.63, 3.8) is 0 Å². The molecule has 1 aromatic heterocycles. The summed E-state index contributed by atoms with van der Waals surface area (Å²) >= 11 is 0. The number of rotatable bonds is 8. The molecule has 0 atom stereocenters. The van der Waals surface area contributed by atoms with Gasteiger partial charge in [0.25, 0.3) is 5.78 Å². The number of nitrogens with zero attached hydrogens (tertiary/aromatic N) is 1. The molecule has 1 N–H and O–H groups in total. The van der Waals surface area contributed by atoms with Gasteiger partial charge in [0.1, 0.15) is 23.1 Å². The number of carbonyl (C=O) groups excluding carboxylic acids is 2. The number of aromatic nitrogens is 1. The summed E-state index contributed by atoms with van der Waals surface area (Å²) < 4.78 is 30.6. The Morgan fingerprint density at radius 2 is 1.84 bits per heavy atom. The molecular weight excluding hydrogens is 405 g/mol. The van der Waals surface area contributed by atoms with Gasteiger partial charge >= 0.3 is 5.97 Å². The maximum atomic E-state index is 13.3. The Kier molecular flexibility index (Phi) is 6.59. The van der Waals surface area contributed by atoms with Crippen LogP contribution in [0.15, 0.2) is 48.7 Å². The van der Waals surface area contributed by atoms with Crippen molar-refractivity contribution in [2.45, 2.75) is 13.5 Å². The molecule has 0 aliphatic carbocycles. The van der Waals surface area contributed by atoms with Gasteiger partial charge in [-0.1, -0.05) is 12.1 Å². The van der Waals surface area contributed by atoms with E-state index in [1.807, 2.05) is 4.57 Å². The number of fused-ring (bicyclic) bond motifs is 1. The van der Waals surface area contributed by atoms with E-state index in [-0.39, 0.29) is 18.0 Å². The van der Waals surface area contributed by atoms with Crippen LogP contribution >= 0.6 is 0 Å². The number of halogens is 1. The molecule has 0 radical (unpaired) electrons. The zero-order valence-electron chi connectivity index (χ0n) is 17.3. The third-order valence-corrected chi connectivity index (χ3v) is 4.66. The van der Waals surface area contributed by atoms with Gasteiger partial charge in [-0.15, -0.1) is 0 Å². The number of methoxy groups -OCH3 is 2. The molecule has 0 fully saturated rings. The molecule has 31 heavy (non-hydrogen) atoms. The summed E-state index contributed by atoms with van der Waals surface area (Å²) in [5.41, 5.74) is 1.76. The Bertz CT molecular complexity index is 1150. The van der Waals surface area contributed by atoms with E-state index in [9.17, 15) is 19.1 Å². The van der Waals surface area contributed by atoms with Crippen molar-refractivity contribution in [1.29, 1.82) is 0 Å². The monoisotopic (exact) mass is 427 g/mol. The molecule has 0 unspecified atom stereocenters. The van der Waals surface area contributed by atoms with Crippen molar-refractivity contribution in [1.82, 2.24) is 4.57 Å². The molecule has 0 aliphatic rings. The van der Waals surface area contributed by atoms with Crippen LogP contribution in [0, 0.1) is 5.82 Å². The van der Waals surface area contributed by atoms with Gasteiger partial charge in [-0.05, 0) is 24.6 Å². The van der Waals surface area contributed by atoms with Gasteiger partial charge in [0.05, 0.1) is 31.7 Å². The number of ether oxygens (including phenoxy) is 3. The number of carbonyl (C=O) groups is 2. The second kappa shape index (κ2) is 9.34. The number of aliphatic hydroxyl groups is 1. The maximum absolute atomic E-state index is 13.3. The average molecular weight is 427 g/mol. The largest absolute Gasteiger partial charge is 0.507 e. The fraction of sp³-hybridized carbons (Fsp3) is 0.217. The molecule has 0 amide bonds. The Labute approximate surface area is 178 Å². The van der Waals surface area contributed by atoms with Crippen LogP contribution in [-0.4, -0.2) is 42.3 Å². The molecule has 3 rings (SSSR count). The lowest BCUT2D eigenvalue weighted by Crippen LogP contribution is -2.15. The van der Waals surface area contributed by atoms with Gasteiger partial charge in [0, 0.05) is 36.5 Å². The van der Waals surface area contributed by atoms with Crippen LogP contribution in [0.5, 0.6) is 11.5 Å². The Morgan fingerprint density at radius 1 is 1.13 bits per heavy atom. The summed E-state index contributed by atoms with van der Waals surface area (Å²) in [4.78, 5) is 23.7. The highest BCUT2D eigenvalue weighted by molar-refractivity contribution is 6.39. The molecule has 162 valence electrons. The summed E-state index contributed by atoms with van der Waals surface area (Å²) in [7, 11) is 2.99. The lowest BCUT2D eigenvalue weighted by atomic mass is 10.1. The SMILES string of the molecule is CCOC(=O)C(=O)C=C(O)c1cn(Cc2ccc(F)cc2)c2cc(OC)cc(OC)c12. The van der Waals surface area contributed by atoms with Crippen LogP contribution in [-0.2, 0) is 20.9 Å². The van der Waals surface area contributed by atoms with Crippen molar-refractivity contribution in [3.8, 4) is 11.5 Å². The zero-order chi connectivity index (χ0) is 22.5. The molecule has 0 aliphatic heterocycles. The predicted octanol–water partition coefficient (Wildman–Crippen LogP) is 3.88. The Morgan fingerprint density at radius 3 is 2.45 bits per heavy atom. The molecule has 0 bridgehead atoms. The highest BCUT2D eigenvalue weighted by Crippen LogP contribution is 2.37.